The molecule has 4 heteroatoms. The Morgan fingerprint density at radius 1 is 1.17 bits per heavy atom. The third-order valence-electron chi connectivity index (χ3n) is 3.68. The lowest BCUT2D eigenvalue weighted by atomic mass is 9.95. The van der Waals surface area contributed by atoms with Gasteiger partial charge in [0, 0.05) is 12.7 Å². The number of methoxy groups -OCH3 is 1. The molecule has 1 amide bonds. The number of ether oxygens (including phenoxy) is 1. The standard InChI is InChI=1S/C19H22FNO2/c1-13(2)18(15-7-9-17(20)10-8-15)21-19(22)16-6-4-5-14(11-16)12-23-3/h4-11,13,18H,12H2,1-3H3,(H,21,22). The number of nitrogens with one attached hydrogen (secondary N) is 1. The lowest BCUT2D eigenvalue weighted by Gasteiger charge is -2.23. The molecule has 0 saturated carbocycles. The summed E-state index contributed by atoms with van der Waals surface area (Å²) in [6.45, 7) is 4.51. The molecule has 0 aromatic heterocycles. The highest BCUT2D eigenvalue weighted by atomic mass is 19.1. The van der Waals surface area contributed by atoms with E-state index in [-0.39, 0.29) is 23.7 Å². The first kappa shape index (κ1) is 17.2. The van der Waals surface area contributed by atoms with Crippen LogP contribution in [0.2, 0.25) is 0 Å². The molecule has 1 unspecified atom stereocenters. The van der Waals surface area contributed by atoms with Crippen LogP contribution in [0.15, 0.2) is 48.5 Å². The van der Waals surface area contributed by atoms with Crippen LogP contribution < -0.4 is 5.32 Å². The summed E-state index contributed by atoms with van der Waals surface area (Å²) in [5, 5.41) is 3.04. The number of carbonyl (C=O) groups is 1. The van der Waals surface area contributed by atoms with Crippen LogP contribution in [-0.2, 0) is 11.3 Å². The zero-order chi connectivity index (χ0) is 16.8. The molecule has 23 heavy (non-hydrogen) atoms. The van der Waals surface area contributed by atoms with Crippen molar-refractivity contribution in [2.45, 2.75) is 26.5 Å². The van der Waals surface area contributed by atoms with E-state index in [4.69, 9.17) is 4.74 Å². The van der Waals surface area contributed by atoms with Crippen LogP contribution in [0.5, 0.6) is 0 Å². The molecule has 0 spiro atoms. The number of amides is 1. The topological polar surface area (TPSA) is 38.3 Å². The zero-order valence-electron chi connectivity index (χ0n) is 13.7. The van der Waals surface area contributed by atoms with E-state index in [0.717, 1.165) is 11.1 Å². The van der Waals surface area contributed by atoms with Crippen LogP contribution in [0.4, 0.5) is 4.39 Å². The molecule has 0 aliphatic rings. The maximum atomic E-state index is 13.1. The van der Waals surface area contributed by atoms with Gasteiger partial charge in [0.15, 0.2) is 0 Å². The van der Waals surface area contributed by atoms with Gasteiger partial charge in [-0.15, -0.1) is 0 Å². The first-order chi connectivity index (χ1) is 11.0. The van der Waals surface area contributed by atoms with E-state index in [1.165, 1.54) is 12.1 Å². The second-order valence-corrected chi connectivity index (χ2v) is 5.88. The summed E-state index contributed by atoms with van der Waals surface area (Å²) in [5.41, 5.74) is 2.43. The van der Waals surface area contributed by atoms with Gasteiger partial charge in [-0.25, -0.2) is 4.39 Å². The van der Waals surface area contributed by atoms with Gasteiger partial charge < -0.3 is 10.1 Å². The number of benzene rings is 2. The van der Waals surface area contributed by atoms with Gasteiger partial charge in [0.1, 0.15) is 5.82 Å². The third kappa shape index (κ3) is 4.63. The molecule has 122 valence electrons. The van der Waals surface area contributed by atoms with Gasteiger partial charge >= 0.3 is 0 Å². The first-order valence-corrected chi connectivity index (χ1v) is 7.65. The van der Waals surface area contributed by atoms with Crippen LogP contribution in [-0.4, -0.2) is 13.0 Å². The summed E-state index contributed by atoms with van der Waals surface area (Å²) in [4.78, 5) is 12.5. The molecule has 0 bridgehead atoms. The Bertz CT molecular complexity index is 653. The molecule has 0 aliphatic carbocycles. The number of rotatable bonds is 6. The summed E-state index contributed by atoms with van der Waals surface area (Å²) in [6.07, 6.45) is 0. The highest BCUT2D eigenvalue weighted by Gasteiger charge is 2.19. The number of hydrogen-bond donors (Lipinski definition) is 1. The lowest BCUT2D eigenvalue weighted by Crippen LogP contribution is -2.31. The van der Waals surface area contributed by atoms with E-state index in [1.807, 2.05) is 32.0 Å². The van der Waals surface area contributed by atoms with Crippen LogP contribution >= 0.6 is 0 Å². The fourth-order valence-corrected chi connectivity index (χ4v) is 2.50. The first-order valence-electron chi connectivity index (χ1n) is 7.65. The van der Waals surface area contributed by atoms with Crippen molar-refractivity contribution in [3.8, 4) is 0 Å². The zero-order valence-corrected chi connectivity index (χ0v) is 13.7. The third-order valence-corrected chi connectivity index (χ3v) is 3.68. The van der Waals surface area contributed by atoms with Gasteiger partial charge in [-0.1, -0.05) is 38.1 Å². The van der Waals surface area contributed by atoms with E-state index in [9.17, 15) is 9.18 Å². The summed E-state index contributed by atoms with van der Waals surface area (Å²) in [7, 11) is 1.62. The van der Waals surface area contributed by atoms with Crippen LogP contribution in [0.1, 0.15) is 41.4 Å². The molecular weight excluding hydrogens is 293 g/mol. The molecule has 2 aromatic rings. The van der Waals surface area contributed by atoms with E-state index >= 15 is 0 Å². The van der Waals surface area contributed by atoms with Gasteiger partial charge in [0.05, 0.1) is 12.6 Å². The summed E-state index contributed by atoms with van der Waals surface area (Å²) in [6, 6.07) is 13.4. The molecule has 0 saturated heterocycles. The van der Waals surface area contributed by atoms with E-state index in [2.05, 4.69) is 5.32 Å². The molecule has 2 aromatic carbocycles. The van der Waals surface area contributed by atoms with Gasteiger partial charge in [0.25, 0.3) is 5.91 Å². The fourth-order valence-electron chi connectivity index (χ4n) is 2.50. The molecule has 0 aliphatic heterocycles. The molecule has 1 atom stereocenters. The van der Waals surface area contributed by atoms with Gasteiger partial charge in [-0.05, 0) is 41.3 Å². The van der Waals surface area contributed by atoms with E-state index in [0.29, 0.717) is 12.2 Å². The second-order valence-electron chi connectivity index (χ2n) is 5.88. The van der Waals surface area contributed by atoms with Crippen molar-refractivity contribution in [3.63, 3.8) is 0 Å². The molecule has 1 N–H and O–H groups in total. The highest BCUT2D eigenvalue weighted by Crippen LogP contribution is 2.22. The molecule has 3 nitrogen and oxygen atoms in total. The molecule has 2 rings (SSSR count). The Labute approximate surface area is 136 Å². The fraction of sp³-hybridized carbons (Fsp3) is 0.316. The van der Waals surface area contributed by atoms with Crippen LogP contribution in [0.3, 0.4) is 0 Å². The van der Waals surface area contributed by atoms with Crippen molar-refractivity contribution in [3.05, 3.63) is 71.0 Å². The van der Waals surface area contributed by atoms with Crippen molar-refractivity contribution in [1.82, 2.24) is 5.32 Å². The van der Waals surface area contributed by atoms with Crippen molar-refractivity contribution >= 4 is 5.91 Å². The Balaban J connectivity index is 2.18. The van der Waals surface area contributed by atoms with Gasteiger partial charge in [-0.3, -0.25) is 4.79 Å². The summed E-state index contributed by atoms with van der Waals surface area (Å²) in [5.74, 6) is -0.243. The summed E-state index contributed by atoms with van der Waals surface area (Å²) >= 11 is 0. The maximum absolute atomic E-state index is 13.1. The smallest absolute Gasteiger partial charge is 0.251 e. The monoisotopic (exact) mass is 315 g/mol. The number of carbonyl (C=O) groups excluding carboxylic acids is 1. The van der Waals surface area contributed by atoms with Crippen molar-refractivity contribution in [2.24, 2.45) is 5.92 Å². The lowest BCUT2D eigenvalue weighted by molar-refractivity contribution is 0.0925. The Kier molecular flexibility index (Phi) is 5.88. The van der Waals surface area contributed by atoms with Crippen molar-refractivity contribution in [2.75, 3.05) is 7.11 Å². The number of hydrogen-bond acceptors (Lipinski definition) is 2. The number of halogens is 1. The minimum atomic E-state index is -0.283. The van der Waals surface area contributed by atoms with Gasteiger partial charge in [-0.2, -0.15) is 0 Å². The normalized spacial score (nSPS) is 12.2. The second kappa shape index (κ2) is 7.88. The van der Waals surface area contributed by atoms with Crippen molar-refractivity contribution in [1.29, 1.82) is 0 Å². The average molecular weight is 315 g/mol. The minimum Gasteiger partial charge on any atom is -0.380 e. The summed E-state index contributed by atoms with van der Waals surface area (Å²) < 4.78 is 18.2. The predicted molar refractivity (Wildman–Crippen MR) is 88.6 cm³/mol. The molecule has 0 fully saturated rings. The highest BCUT2D eigenvalue weighted by molar-refractivity contribution is 5.94. The molecule has 0 heterocycles. The maximum Gasteiger partial charge on any atom is 0.251 e. The predicted octanol–water partition coefficient (Wildman–Crippen LogP) is 4.10. The van der Waals surface area contributed by atoms with Crippen molar-refractivity contribution < 1.29 is 13.9 Å². The van der Waals surface area contributed by atoms with E-state index in [1.54, 1.807) is 25.3 Å². The van der Waals surface area contributed by atoms with Gasteiger partial charge in [0.2, 0.25) is 0 Å². The van der Waals surface area contributed by atoms with Crippen LogP contribution in [0.25, 0.3) is 0 Å². The Morgan fingerprint density at radius 2 is 1.87 bits per heavy atom. The van der Waals surface area contributed by atoms with E-state index < -0.39 is 0 Å². The Morgan fingerprint density at radius 3 is 2.48 bits per heavy atom. The largest absolute Gasteiger partial charge is 0.380 e. The average Bonchev–Trinajstić information content (AvgIpc) is 2.54. The Hall–Kier alpha value is -2.20. The quantitative estimate of drug-likeness (QED) is 0.871. The molecular formula is C19H22FNO2. The molecule has 0 radical (unpaired) electrons. The van der Waals surface area contributed by atoms with Crippen LogP contribution in [0, 0.1) is 11.7 Å². The SMILES string of the molecule is COCc1cccc(C(=O)NC(c2ccc(F)cc2)C(C)C)c1. The minimum absolute atomic E-state index is 0.147.